The maximum atomic E-state index is 10.9. The van der Waals surface area contributed by atoms with Crippen molar-refractivity contribution in [3.05, 3.63) is 12.7 Å². The number of ketones is 2. The predicted molar refractivity (Wildman–Crippen MR) is 37.6 cm³/mol. The lowest BCUT2D eigenvalue weighted by molar-refractivity contribution is -0.121. The van der Waals surface area contributed by atoms with Crippen molar-refractivity contribution in [1.29, 1.82) is 0 Å². The normalized spacial score (nSPS) is 24.8. The molecule has 1 aliphatic rings. The molecule has 1 fully saturated rings. The molecule has 0 heterocycles. The van der Waals surface area contributed by atoms with E-state index >= 15 is 0 Å². The van der Waals surface area contributed by atoms with E-state index in [4.69, 9.17) is 0 Å². The van der Waals surface area contributed by atoms with Crippen LogP contribution in [0.2, 0.25) is 0 Å². The predicted octanol–water partition coefficient (Wildman–Crippen LogP) is 1.11. The van der Waals surface area contributed by atoms with Gasteiger partial charge in [0.25, 0.3) is 0 Å². The molecule has 1 unspecified atom stereocenters. The summed E-state index contributed by atoms with van der Waals surface area (Å²) in [7, 11) is 0. The summed E-state index contributed by atoms with van der Waals surface area (Å²) in [5.41, 5.74) is 0. The number of hydrogen-bond acceptors (Lipinski definition) is 2. The molecule has 0 aliphatic heterocycles. The molecule has 10 heavy (non-hydrogen) atoms. The molecule has 0 bridgehead atoms. The van der Waals surface area contributed by atoms with Crippen molar-refractivity contribution in [2.24, 2.45) is 5.92 Å². The average Bonchev–Trinajstić information content (AvgIpc) is 2.34. The van der Waals surface area contributed by atoms with E-state index in [0.29, 0.717) is 12.8 Å². The molecule has 1 rings (SSSR count). The Labute approximate surface area is 59.9 Å². The molecule has 0 saturated heterocycles. The quantitative estimate of drug-likeness (QED) is 0.535. The van der Waals surface area contributed by atoms with Crippen molar-refractivity contribution in [3.63, 3.8) is 0 Å². The maximum Gasteiger partial charge on any atom is 0.158 e. The smallest absolute Gasteiger partial charge is 0.158 e. The Bertz CT molecular complexity index is 182. The zero-order valence-electron chi connectivity index (χ0n) is 5.80. The highest BCUT2D eigenvalue weighted by Gasteiger charge is 2.25. The summed E-state index contributed by atoms with van der Waals surface area (Å²) in [5.74, 6) is 0.177. The molecule has 0 aromatic heterocycles. The van der Waals surface area contributed by atoms with Crippen LogP contribution >= 0.6 is 0 Å². The second-order valence-corrected chi connectivity index (χ2v) is 2.58. The summed E-state index contributed by atoms with van der Waals surface area (Å²) >= 11 is 0. The van der Waals surface area contributed by atoms with Crippen LogP contribution in [0.4, 0.5) is 0 Å². The number of rotatable bonds is 2. The monoisotopic (exact) mass is 138 g/mol. The zero-order valence-corrected chi connectivity index (χ0v) is 5.80. The minimum absolute atomic E-state index is 0.0193. The van der Waals surface area contributed by atoms with E-state index in [1.54, 1.807) is 0 Å². The Morgan fingerprint density at radius 3 is 2.80 bits per heavy atom. The van der Waals surface area contributed by atoms with Gasteiger partial charge >= 0.3 is 0 Å². The molecule has 0 spiro atoms. The molecule has 1 saturated carbocycles. The van der Waals surface area contributed by atoms with Crippen LogP contribution in [0.25, 0.3) is 0 Å². The fraction of sp³-hybridized carbons (Fsp3) is 0.500. The van der Waals surface area contributed by atoms with Crippen LogP contribution in [0.5, 0.6) is 0 Å². The third-order valence-electron chi connectivity index (χ3n) is 1.85. The van der Waals surface area contributed by atoms with Gasteiger partial charge in [0.1, 0.15) is 5.78 Å². The van der Waals surface area contributed by atoms with Crippen molar-refractivity contribution < 1.29 is 9.59 Å². The van der Waals surface area contributed by atoms with E-state index in [9.17, 15) is 9.59 Å². The average molecular weight is 138 g/mol. The van der Waals surface area contributed by atoms with E-state index in [2.05, 4.69) is 6.58 Å². The van der Waals surface area contributed by atoms with Crippen molar-refractivity contribution >= 4 is 11.6 Å². The molecule has 0 amide bonds. The van der Waals surface area contributed by atoms with E-state index in [1.807, 2.05) is 0 Å². The molecule has 2 heteroatoms. The number of allylic oxidation sites excluding steroid dienone is 1. The minimum atomic E-state index is -0.0509. The van der Waals surface area contributed by atoms with Gasteiger partial charge in [-0.15, -0.1) is 0 Å². The van der Waals surface area contributed by atoms with Gasteiger partial charge in [0.15, 0.2) is 5.78 Å². The van der Waals surface area contributed by atoms with Gasteiger partial charge < -0.3 is 0 Å². The third-order valence-corrected chi connectivity index (χ3v) is 1.85. The van der Waals surface area contributed by atoms with E-state index in [0.717, 1.165) is 6.42 Å². The summed E-state index contributed by atoms with van der Waals surface area (Å²) in [6, 6.07) is 0. The van der Waals surface area contributed by atoms with Gasteiger partial charge in [-0.2, -0.15) is 0 Å². The highest BCUT2D eigenvalue weighted by molar-refractivity contribution is 5.96. The van der Waals surface area contributed by atoms with Crippen molar-refractivity contribution in [3.8, 4) is 0 Å². The number of carbonyl (C=O) groups excluding carboxylic acids is 2. The van der Waals surface area contributed by atoms with E-state index in [-0.39, 0.29) is 17.5 Å². The van der Waals surface area contributed by atoms with Gasteiger partial charge in [-0.25, -0.2) is 0 Å². The fourth-order valence-electron chi connectivity index (χ4n) is 1.22. The lowest BCUT2D eigenvalue weighted by Gasteiger charge is -1.99. The van der Waals surface area contributed by atoms with Crippen LogP contribution in [-0.4, -0.2) is 11.6 Å². The lowest BCUT2D eigenvalue weighted by Crippen LogP contribution is -2.07. The minimum Gasteiger partial charge on any atom is -0.300 e. The van der Waals surface area contributed by atoms with Crippen LogP contribution in [0.15, 0.2) is 12.7 Å². The standard InChI is InChI=1S/C8H10O2/c1-2-8(10)6-3-4-7(9)5-6/h2,6H,1,3-5H2. The Morgan fingerprint density at radius 1 is 1.70 bits per heavy atom. The first-order valence-electron chi connectivity index (χ1n) is 3.42. The van der Waals surface area contributed by atoms with Gasteiger partial charge in [-0.1, -0.05) is 6.58 Å². The second-order valence-electron chi connectivity index (χ2n) is 2.58. The number of carbonyl (C=O) groups is 2. The van der Waals surface area contributed by atoms with Gasteiger partial charge in [-0.3, -0.25) is 9.59 Å². The van der Waals surface area contributed by atoms with E-state index < -0.39 is 0 Å². The van der Waals surface area contributed by atoms with Crippen LogP contribution in [0, 0.1) is 5.92 Å². The van der Waals surface area contributed by atoms with E-state index in [1.165, 1.54) is 6.08 Å². The Kier molecular flexibility index (Phi) is 2.00. The first-order chi connectivity index (χ1) is 4.74. The van der Waals surface area contributed by atoms with Gasteiger partial charge in [-0.05, 0) is 12.5 Å². The van der Waals surface area contributed by atoms with Crippen molar-refractivity contribution in [2.45, 2.75) is 19.3 Å². The third kappa shape index (κ3) is 1.32. The molecular formula is C8H10O2. The Morgan fingerprint density at radius 2 is 2.40 bits per heavy atom. The van der Waals surface area contributed by atoms with Crippen LogP contribution in [0.1, 0.15) is 19.3 Å². The van der Waals surface area contributed by atoms with Gasteiger partial charge in [0.05, 0.1) is 0 Å². The first kappa shape index (κ1) is 7.19. The second kappa shape index (κ2) is 2.78. The Hall–Kier alpha value is -0.920. The molecular weight excluding hydrogens is 128 g/mol. The largest absolute Gasteiger partial charge is 0.300 e. The molecule has 0 aromatic carbocycles. The Balaban J connectivity index is 2.52. The topological polar surface area (TPSA) is 34.1 Å². The molecule has 1 atom stereocenters. The summed E-state index contributed by atoms with van der Waals surface area (Å²) in [6.07, 6.45) is 3.04. The lowest BCUT2D eigenvalue weighted by atomic mass is 10.0. The molecule has 0 N–H and O–H groups in total. The summed E-state index contributed by atoms with van der Waals surface area (Å²) in [4.78, 5) is 21.6. The SMILES string of the molecule is C=CC(=O)C1CCC(=O)C1. The number of hydrogen-bond donors (Lipinski definition) is 0. The fourth-order valence-corrected chi connectivity index (χ4v) is 1.22. The van der Waals surface area contributed by atoms with Crippen LogP contribution in [0.3, 0.4) is 0 Å². The van der Waals surface area contributed by atoms with Crippen molar-refractivity contribution in [2.75, 3.05) is 0 Å². The zero-order chi connectivity index (χ0) is 7.56. The first-order valence-corrected chi connectivity index (χ1v) is 3.42. The molecule has 2 nitrogen and oxygen atoms in total. The van der Waals surface area contributed by atoms with Crippen LogP contribution < -0.4 is 0 Å². The molecule has 54 valence electrons. The highest BCUT2D eigenvalue weighted by atomic mass is 16.1. The summed E-state index contributed by atoms with van der Waals surface area (Å²) in [6.45, 7) is 3.37. The number of Topliss-reactive ketones (excluding diaryl/α,β-unsaturated/α-hetero) is 1. The van der Waals surface area contributed by atoms with Crippen molar-refractivity contribution in [1.82, 2.24) is 0 Å². The van der Waals surface area contributed by atoms with Gasteiger partial charge in [0, 0.05) is 18.8 Å². The maximum absolute atomic E-state index is 10.9. The molecule has 0 radical (unpaired) electrons. The van der Waals surface area contributed by atoms with Gasteiger partial charge in [0.2, 0.25) is 0 Å². The highest BCUT2D eigenvalue weighted by Crippen LogP contribution is 2.22. The summed E-state index contributed by atoms with van der Waals surface area (Å²) in [5, 5.41) is 0. The van der Waals surface area contributed by atoms with Crippen LogP contribution in [-0.2, 0) is 9.59 Å². The summed E-state index contributed by atoms with van der Waals surface area (Å²) < 4.78 is 0. The molecule has 1 aliphatic carbocycles. The molecule has 0 aromatic rings.